The van der Waals surface area contributed by atoms with Crippen LogP contribution in [0.2, 0.25) is 5.02 Å². The molecule has 1 heterocycles. The van der Waals surface area contributed by atoms with Gasteiger partial charge in [0.05, 0.1) is 15.9 Å². The lowest BCUT2D eigenvalue weighted by Crippen LogP contribution is -2.27. The molecule has 1 aliphatic heterocycles. The Kier molecular flexibility index (Phi) is 4.99. The fourth-order valence-electron chi connectivity index (χ4n) is 2.17. The molecule has 0 unspecified atom stereocenters. The number of phenols is 1. The molecule has 1 N–H and O–H groups in total. The molecule has 24 heavy (non-hydrogen) atoms. The predicted octanol–water partition coefficient (Wildman–Crippen LogP) is 5.04. The number of nitrogens with zero attached hydrogens (tertiary/aromatic N) is 1. The average molecular weight is 425 g/mol. The molecule has 2 amide bonds. The molecule has 0 aliphatic carbocycles. The molecule has 0 bridgehead atoms. The normalized spacial score (nSPS) is 16.2. The van der Waals surface area contributed by atoms with Crippen molar-refractivity contribution in [3.63, 3.8) is 0 Å². The van der Waals surface area contributed by atoms with Crippen LogP contribution in [0.3, 0.4) is 0 Å². The molecule has 122 valence electrons. The number of halogens is 2. The summed E-state index contributed by atoms with van der Waals surface area (Å²) in [5.41, 5.74) is 1.55. The van der Waals surface area contributed by atoms with Gasteiger partial charge in [0.2, 0.25) is 0 Å². The number of amides is 2. The van der Waals surface area contributed by atoms with Gasteiger partial charge >= 0.3 is 0 Å². The fourth-order valence-corrected chi connectivity index (χ4v) is 3.53. The van der Waals surface area contributed by atoms with Crippen molar-refractivity contribution in [1.29, 1.82) is 0 Å². The van der Waals surface area contributed by atoms with Crippen LogP contribution in [0.25, 0.3) is 6.08 Å². The first-order valence-electron chi connectivity index (χ1n) is 6.92. The van der Waals surface area contributed by atoms with Crippen LogP contribution in [0.4, 0.5) is 4.79 Å². The number of carbonyl (C=O) groups is 2. The van der Waals surface area contributed by atoms with Crippen molar-refractivity contribution in [2.45, 2.75) is 6.54 Å². The Morgan fingerprint density at radius 3 is 2.54 bits per heavy atom. The first-order chi connectivity index (χ1) is 11.4. The van der Waals surface area contributed by atoms with Crippen molar-refractivity contribution in [1.82, 2.24) is 4.90 Å². The summed E-state index contributed by atoms with van der Waals surface area (Å²) >= 11 is 9.97. The average Bonchev–Trinajstić information content (AvgIpc) is 2.80. The molecule has 2 aromatic rings. The van der Waals surface area contributed by atoms with Gasteiger partial charge in [-0.15, -0.1) is 0 Å². The first kappa shape index (κ1) is 17.1. The van der Waals surface area contributed by atoms with Gasteiger partial charge in [-0.2, -0.15) is 0 Å². The molecule has 1 aliphatic rings. The maximum Gasteiger partial charge on any atom is 0.293 e. The van der Waals surface area contributed by atoms with Crippen molar-refractivity contribution in [2.24, 2.45) is 0 Å². The SMILES string of the molecule is O=C1S/C(=C\c2ccc(O)c(Br)c2)C(=O)N1Cc1ccc(Cl)cc1. The zero-order chi connectivity index (χ0) is 17.3. The Hall–Kier alpha value is -1.76. The lowest BCUT2D eigenvalue weighted by molar-refractivity contribution is -0.123. The van der Waals surface area contributed by atoms with E-state index >= 15 is 0 Å². The fraction of sp³-hybridized carbons (Fsp3) is 0.0588. The number of aromatic hydroxyl groups is 1. The van der Waals surface area contributed by atoms with E-state index in [1.807, 2.05) is 0 Å². The van der Waals surface area contributed by atoms with E-state index in [-0.39, 0.29) is 23.4 Å². The van der Waals surface area contributed by atoms with Crippen LogP contribution in [-0.4, -0.2) is 21.2 Å². The Bertz CT molecular complexity index is 851. The summed E-state index contributed by atoms with van der Waals surface area (Å²) in [5.74, 6) is -0.216. The summed E-state index contributed by atoms with van der Waals surface area (Å²) in [7, 11) is 0. The third kappa shape index (κ3) is 3.66. The largest absolute Gasteiger partial charge is 0.507 e. The van der Waals surface area contributed by atoms with Gasteiger partial charge in [0.15, 0.2) is 0 Å². The minimum Gasteiger partial charge on any atom is -0.507 e. The van der Waals surface area contributed by atoms with Crippen LogP contribution in [0, 0.1) is 0 Å². The molecule has 7 heteroatoms. The van der Waals surface area contributed by atoms with Crippen LogP contribution in [0.15, 0.2) is 51.8 Å². The Balaban J connectivity index is 1.81. The maximum atomic E-state index is 12.5. The number of carbonyl (C=O) groups excluding carboxylic acids is 2. The molecule has 0 spiro atoms. The monoisotopic (exact) mass is 423 g/mol. The minimum atomic E-state index is -0.329. The Morgan fingerprint density at radius 1 is 1.17 bits per heavy atom. The van der Waals surface area contributed by atoms with Crippen LogP contribution in [-0.2, 0) is 11.3 Å². The molecular formula is C17H11BrClNO3S. The number of phenolic OH excluding ortho intramolecular Hbond substituents is 1. The standard InChI is InChI=1S/C17H11BrClNO3S/c18-13-7-11(3-6-14(13)21)8-15-16(22)20(17(23)24-15)9-10-1-4-12(19)5-2-10/h1-8,21H,9H2/b15-8-. The number of hydrogen-bond acceptors (Lipinski definition) is 4. The highest BCUT2D eigenvalue weighted by Crippen LogP contribution is 2.34. The van der Waals surface area contributed by atoms with Crippen molar-refractivity contribution in [2.75, 3.05) is 0 Å². The molecule has 4 nitrogen and oxygen atoms in total. The highest BCUT2D eigenvalue weighted by molar-refractivity contribution is 9.10. The van der Waals surface area contributed by atoms with Crippen molar-refractivity contribution in [3.05, 3.63) is 68.0 Å². The smallest absolute Gasteiger partial charge is 0.293 e. The van der Waals surface area contributed by atoms with E-state index in [2.05, 4.69) is 15.9 Å². The topological polar surface area (TPSA) is 57.6 Å². The van der Waals surface area contributed by atoms with Gasteiger partial charge < -0.3 is 5.11 Å². The highest BCUT2D eigenvalue weighted by atomic mass is 79.9. The second-order valence-corrected chi connectivity index (χ2v) is 7.39. The van der Waals surface area contributed by atoms with Gasteiger partial charge in [0.1, 0.15) is 5.75 Å². The lowest BCUT2D eigenvalue weighted by atomic mass is 10.2. The van der Waals surface area contributed by atoms with Crippen molar-refractivity contribution < 1.29 is 14.7 Å². The number of rotatable bonds is 3. The summed E-state index contributed by atoms with van der Waals surface area (Å²) in [5, 5.41) is 9.81. The molecule has 0 radical (unpaired) electrons. The summed E-state index contributed by atoms with van der Waals surface area (Å²) in [4.78, 5) is 26.2. The van der Waals surface area contributed by atoms with Gasteiger partial charge in [0, 0.05) is 5.02 Å². The van der Waals surface area contributed by atoms with Gasteiger partial charge in [-0.25, -0.2) is 0 Å². The van der Waals surface area contributed by atoms with Crippen LogP contribution in [0.5, 0.6) is 5.75 Å². The van der Waals surface area contributed by atoms with Gasteiger partial charge in [-0.1, -0.05) is 29.8 Å². The van der Waals surface area contributed by atoms with E-state index in [0.717, 1.165) is 22.9 Å². The van der Waals surface area contributed by atoms with E-state index in [0.29, 0.717) is 14.4 Å². The predicted molar refractivity (Wildman–Crippen MR) is 98.8 cm³/mol. The zero-order valence-electron chi connectivity index (χ0n) is 12.2. The third-order valence-corrected chi connectivity index (χ3v) is 5.19. The highest BCUT2D eigenvalue weighted by Gasteiger charge is 2.34. The number of hydrogen-bond donors (Lipinski definition) is 1. The van der Waals surface area contributed by atoms with Crippen molar-refractivity contribution in [3.8, 4) is 5.75 Å². The van der Waals surface area contributed by atoms with E-state index in [1.165, 1.54) is 11.0 Å². The molecule has 0 aromatic heterocycles. The second kappa shape index (κ2) is 7.01. The van der Waals surface area contributed by atoms with Crippen LogP contribution < -0.4 is 0 Å². The summed E-state index contributed by atoms with van der Waals surface area (Å²) in [6.45, 7) is 0.207. The molecular weight excluding hydrogens is 414 g/mol. The minimum absolute atomic E-state index is 0.114. The van der Waals surface area contributed by atoms with E-state index in [1.54, 1.807) is 42.5 Å². The summed E-state index contributed by atoms with van der Waals surface area (Å²) < 4.78 is 0.525. The Labute approximate surface area is 156 Å². The van der Waals surface area contributed by atoms with E-state index < -0.39 is 0 Å². The summed E-state index contributed by atoms with van der Waals surface area (Å²) in [6.07, 6.45) is 1.64. The van der Waals surface area contributed by atoms with Gasteiger partial charge in [0.25, 0.3) is 11.1 Å². The zero-order valence-corrected chi connectivity index (χ0v) is 15.4. The molecule has 0 saturated carbocycles. The van der Waals surface area contributed by atoms with Crippen LogP contribution >= 0.6 is 39.3 Å². The van der Waals surface area contributed by atoms with Gasteiger partial charge in [-0.05, 0) is 69.2 Å². The lowest BCUT2D eigenvalue weighted by Gasteiger charge is -2.12. The summed E-state index contributed by atoms with van der Waals surface area (Å²) in [6, 6.07) is 11.9. The second-order valence-electron chi connectivity index (χ2n) is 5.11. The molecule has 0 atom stereocenters. The molecule has 3 rings (SSSR count). The first-order valence-corrected chi connectivity index (χ1v) is 8.91. The van der Waals surface area contributed by atoms with E-state index in [4.69, 9.17) is 11.6 Å². The number of thioether (sulfide) groups is 1. The van der Waals surface area contributed by atoms with Crippen molar-refractivity contribution >= 4 is 56.5 Å². The van der Waals surface area contributed by atoms with E-state index in [9.17, 15) is 14.7 Å². The molecule has 1 fully saturated rings. The molecule has 2 aromatic carbocycles. The van der Waals surface area contributed by atoms with Crippen LogP contribution in [0.1, 0.15) is 11.1 Å². The quantitative estimate of drug-likeness (QED) is 0.701. The third-order valence-electron chi connectivity index (χ3n) is 3.40. The maximum absolute atomic E-state index is 12.5. The molecule has 1 saturated heterocycles. The number of benzene rings is 2. The van der Waals surface area contributed by atoms with Gasteiger partial charge in [-0.3, -0.25) is 14.5 Å². The number of imide groups is 1. The Morgan fingerprint density at radius 2 is 1.88 bits per heavy atom.